The number of urea groups is 1. The lowest BCUT2D eigenvalue weighted by Crippen LogP contribution is -1.95. The second-order valence-electron chi connectivity index (χ2n) is 1.17. The van der Waals surface area contributed by atoms with Crippen LogP contribution >= 0.6 is 0 Å². The van der Waals surface area contributed by atoms with Crippen molar-refractivity contribution in [3.05, 3.63) is 0 Å². The monoisotopic (exact) mass is 113 g/mol. The van der Waals surface area contributed by atoms with Gasteiger partial charge in [0, 0.05) is 0 Å². The van der Waals surface area contributed by atoms with Crippen LogP contribution in [0.4, 0.5) is 4.79 Å². The van der Waals surface area contributed by atoms with Gasteiger partial charge < -0.3 is 5.11 Å². The van der Waals surface area contributed by atoms with E-state index in [0.717, 1.165) is 0 Å². The maximum Gasteiger partial charge on any atom is 0.387 e. The second-order valence-corrected chi connectivity index (χ2v) is 1.17. The van der Waals surface area contributed by atoms with Gasteiger partial charge in [0.05, 0.1) is 0 Å². The Bertz CT molecular complexity index is 171. The number of aliphatic hydroxyl groups is 1. The van der Waals surface area contributed by atoms with E-state index >= 15 is 0 Å². The van der Waals surface area contributed by atoms with Gasteiger partial charge in [0.15, 0.2) is 5.84 Å². The summed E-state index contributed by atoms with van der Waals surface area (Å²) in [5.74, 6) is 0.0787. The number of aliphatic hydroxyl groups excluding tert-OH is 1. The molecule has 0 aliphatic carbocycles. The van der Waals surface area contributed by atoms with Crippen LogP contribution in [0.25, 0.3) is 0 Å². The minimum atomic E-state index is -0.644. The van der Waals surface area contributed by atoms with Gasteiger partial charge in [-0.25, -0.2) is 4.79 Å². The van der Waals surface area contributed by atoms with Crippen molar-refractivity contribution in [3.8, 4) is 0 Å². The SMILES string of the molecule is O=C1N=NC(CO)=N1. The van der Waals surface area contributed by atoms with Gasteiger partial charge in [0.25, 0.3) is 0 Å². The Hall–Kier alpha value is -1.10. The van der Waals surface area contributed by atoms with Gasteiger partial charge in [-0.05, 0) is 0 Å². The predicted octanol–water partition coefficient (Wildman–Crippen LogP) is -0.0370. The summed E-state index contributed by atoms with van der Waals surface area (Å²) in [5.41, 5.74) is 0. The van der Waals surface area contributed by atoms with E-state index in [2.05, 4.69) is 15.2 Å². The number of nitrogens with zero attached hydrogens (tertiary/aromatic N) is 3. The highest BCUT2D eigenvalue weighted by Crippen LogP contribution is 1.96. The third-order valence-electron chi connectivity index (χ3n) is 0.617. The van der Waals surface area contributed by atoms with Crippen LogP contribution in [0.3, 0.4) is 0 Å². The zero-order chi connectivity index (χ0) is 5.98. The number of carbonyl (C=O) groups is 1. The average Bonchev–Trinajstić information content (AvgIpc) is 2.14. The van der Waals surface area contributed by atoms with E-state index in [0.29, 0.717) is 0 Å². The molecule has 2 amide bonds. The van der Waals surface area contributed by atoms with Crippen LogP contribution in [-0.4, -0.2) is 23.6 Å². The average molecular weight is 113 g/mol. The third kappa shape index (κ3) is 0.760. The van der Waals surface area contributed by atoms with E-state index in [1.54, 1.807) is 0 Å². The van der Waals surface area contributed by atoms with Crippen LogP contribution in [-0.2, 0) is 0 Å². The van der Waals surface area contributed by atoms with E-state index in [4.69, 9.17) is 5.11 Å². The molecule has 0 radical (unpaired) electrons. The molecule has 0 atom stereocenters. The molecule has 1 N–H and O–H groups in total. The first-order valence-corrected chi connectivity index (χ1v) is 1.97. The van der Waals surface area contributed by atoms with Crippen molar-refractivity contribution in [1.82, 2.24) is 0 Å². The van der Waals surface area contributed by atoms with Crippen LogP contribution in [0.1, 0.15) is 0 Å². The highest BCUT2D eigenvalue weighted by molar-refractivity contribution is 5.98. The van der Waals surface area contributed by atoms with Gasteiger partial charge in [0.1, 0.15) is 6.61 Å². The molecule has 1 aliphatic rings. The first kappa shape index (κ1) is 5.04. The Balaban J connectivity index is 2.72. The molecular weight excluding hydrogens is 110 g/mol. The van der Waals surface area contributed by atoms with E-state index in [1.165, 1.54) is 0 Å². The largest absolute Gasteiger partial charge is 0.388 e. The molecule has 0 fully saturated rings. The summed E-state index contributed by atoms with van der Waals surface area (Å²) in [6.07, 6.45) is 0. The quantitative estimate of drug-likeness (QED) is 0.518. The van der Waals surface area contributed by atoms with Gasteiger partial charge in [-0.3, -0.25) is 0 Å². The second kappa shape index (κ2) is 1.79. The molecule has 8 heavy (non-hydrogen) atoms. The maximum absolute atomic E-state index is 10.1. The van der Waals surface area contributed by atoms with Crippen LogP contribution in [0.15, 0.2) is 15.2 Å². The summed E-state index contributed by atoms with van der Waals surface area (Å²) in [5, 5.41) is 14.5. The van der Waals surface area contributed by atoms with E-state index in [-0.39, 0.29) is 12.4 Å². The highest BCUT2D eigenvalue weighted by atomic mass is 16.3. The zero-order valence-corrected chi connectivity index (χ0v) is 3.90. The van der Waals surface area contributed by atoms with Crippen LogP contribution in [0.2, 0.25) is 0 Å². The van der Waals surface area contributed by atoms with Gasteiger partial charge in [-0.15, -0.1) is 5.11 Å². The molecule has 5 heteroatoms. The van der Waals surface area contributed by atoms with Gasteiger partial charge in [-0.2, -0.15) is 4.99 Å². The van der Waals surface area contributed by atoms with Crippen molar-refractivity contribution in [2.45, 2.75) is 0 Å². The van der Waals surface area contributed by atoms with Crippen molar-refractivity contribution in [2.24, 2.45) is 15.2 Å². The molecular formula is C3H3N3O2. The Morgan fingerprint density at radius 3 is 2.50 bits per heavy atom. The Labute approximate surface area is 44.8 Å². The van der Waals surface area contributed by atoms with E-state index in [9.17, 15) is 4.79 Å². The lowest BCUT2D eigenvalue weighted by molar-refractivity contribution is 0.257. The highest BCUT2D eigenvalue weighted by Gasteiger charge is 2.06. The first-order valence-electron chi connectivity index (χ1n) is 1.97. The maximum atomic E-state index is 10.1. The van der Waals surface area contributed by atoms with Crippen molar-refractivity contribution in [1.29, 1.82) is 0 Å². The molecule has 1 aliphatic heterocycles. The number of carbonyl (C=O) groups excluding carboxylic acids is 1. The van der Waals surface area contributed by atoms with Crippen molar-refractivity contribution in [3.63, 3.8) is 0 Å². The lowest BCUT2D eigenvalue weighted by Gasteiger charge is -1.77. The molecule has 0 aromatic heterocycles. The number of azo groups is 1. The minimum Gasteiger partial charge on any atom is -0.388 e. The summed E-state index contributed by atoms with van der Waals surface area (Å²) >= 11 is 0. The fraction of sp³-hybridized carbons (Fsp3) is 0.333. The molecule has 0 aromatic rings. The number of rotatable bonds is 1. The Morgan fingerprint density at radius 1 is 1.50 bits per heavy atom. The molecule has 5 nitrogen and oxygen atoms in total. The molecule has 0 saturated heterocycles. The molecule has 0 bridgehead atoms. The zero-order valence-electron chi connectivity index (χ0n) is 3.90. The summed E-state index contributed by atoms with van der Waals surface area (Å²) < 4.78 is 0. The fourth-order valence-electron chi connectivity index (χ4n) is 0.323. The minimum absolute atomic E-state index is 0.0787. The van der Waals surface area contributed by atoms with E-state index in [1.807, 2.05) is 0 Å². The molecule has 1 heterocycles. The molecule has 0 aromatic carbocycles. The third-order valence-corrected chi connectivity index (χ3v) is 0.617. The van der Waals surface area contributed by atoms with E-state index < -0.39 is 6.03 Å². The molecule has 0 spiro atoms. The van der Waals surface area contributed by atoms with Gasteiger partial charge in [0.2, 0.25) is 0 Å². The van der Waals surface area contributed by atoms with Gasteiger partial charge in [-0.1, -0.05) is 5.11 Å². The number of amides is 2. The first-order chi connectivity index (χ1) is 3.83. The van der Waals surface area contributed by atoms with Crippen molar-refractivity contribution in [2.75, 3.05) is 6.61 Å². The van der Waals surface area contributed by atoms with Crippen LogP contribution in [0, 0.1) is 0 Å². The standard InChI is InChI=1S/C3H3N3O2/c7-1-2-4-3(8)6-5-2/h7H,1H2. The lowest BCUT2D eigenvalue weighted by atomic mass is 10.7. The number of hydrogen-bond acceptors (Lipinski definition) is 3. The summed E-state index contributed by atoms with van der Waals surface area (Å²) in [6, 6.07) is -0.644. The Morgan fingerprint density at radius 2 is 2.25 bits per heavy atom. The molecule has 42 valence electrons. The normalized spacial score (nSPS) is 17.1. The number of hydrogen-bond donors (Lipinski definition) is 1. The topological polar surface area (TPSA) is 74.4 Å². The fourth-order valence-corrected chi connectivity index (χ4v) is 0.323. The van der Waals surface area contributed by atoms with Crippen molar-refractivity contribution < 1.29 is 9.90 Å². The van der Waals surface area contributed by atoms with Crippen LogP contribution < -0.4 is 0 Å². The molecule has 1 rings (SSSR count). The number of amidine groups is 1. The van der Waals surface area contributed by atoms with Gasteiger partial charge >= 0.3 is 6.03 Å². The predicted molar refractivity (Wildman–Crippen MR) is 24.8 cm³/mol. The molecule has 0 unspecified atom stereocenters. The smallest absolute Gasteiger partial charge is 0.387 e. The summed E-state index contributed by atoms with van der Waals surface area (Å²) in [6.45, 7) is -0.324. The van der Waals surface area contributed by atoms with Crippen molar-refractivity contribution >= 4 is 11.9 Å². The Kier molecular flexibility index (Phi) is 1.13. The molecule has 0 saturated carbocycles. The number of aliphatic imine (C=N–C) groups is 1. The summed E-state index contributed by atoms with van der Waals surface area (Å²) in [4.78, 5) is 13.3. The van der Waals surface area contributed by atoms with Crippen LogP contribution in [0.5, 0.6) is 0 Å². The summed E-state index contributed by atoms with van der Waals surface area (Å²) in [7, 11) is 0.